The van der Waals surface area contributed by atoms with Crippen LogP contribution in [0, 0.1) is 11.8 Å². The fraction of sp³-hybridized carbons (Fsp3) is 0.500. The number of phenolic OH excluding ortho intramolecular Hbond substituents is 1. The van der Waals surface area contributed by atoms with Gasteiger partial charge >= 0.3 is 5.97 Å². The Labute approximate surface area is 257 Å². The van der Waals surface area contributed by atoms with Crippen LogP contribution in [-0.2, 0) is 19.2 Å². The molecule has 5 rings (SSSR count). The molecule has 1 fully saturated rings. The minimum absolute atomic E-state index is 0.0291. The SMILES string of the molecule is CC1c2ccc(NC(=O)C(CCC(=O)O)NC3CC3)c(O)c2C(=O)C2=C(O)[C@]3(O)C(=O)C(C(N)=O)=C(O)[C@@H](N(C)C)C3C(O)C21. The molecular weight excluding hydrogens is 592 g/mol. The molecule has 1 saturated carbocycles. The zero-order valence-corrected chi connectivity index (χ0v) is 24.8. The second-order valence-electron chi connectivity index (χ2n) is 12.4. The van der Waals surface area contributed by atoms with Crippen molar-refractivity contribution in [3.05, 3.63) is 45.9 Å². The number of aliphatic hydroxyl groups is 4. The molecule has 1 aromatic carbocycles. The Morgan fingerprint density at radius 1 is 1.13 bits per heavy atom. The van der Waals surface area contributed by atoms with Gasteiger partial charge in [-0.2, -0.15) is 0 Å². The number of likely N-dealkylation sites (N-methyl/N-ethyl adjacent to an activating group) is 1. The number of carbonyl (C=O) groups excluding carboxylic acids is 4. The van der Waals surface area contributed by atoms with Gasteiger partial charge in [-0.3, -0.25) is 28.9 Å². The predicted octanol–water partition coefficient (Wildman–Crippen LogP) is -0.424. The minimum Gasteiger partial charge on any atom is -0.510 e. The lowest BCUT2D eigenvalue weighted by Gasteiger charge is -2.53. The van der Waals surface area contributed by atoms with E-state index in [-0.39, 0.29) is 35.7 Å². The molecule has 0 saturated heterocycles. The van der Waals surface area contributed by atoms with E-state index < -0.39 is 99.3 Å². The molecule has 0 aromatic heterocycles. The van der Waals surface area contributed by atoms with Crippen LogP contribution in [0.5, 0.6) is 5.75 Å². The van der Waals surface area contributed by atoms with Gasteiger partial charge < -0.3 is 47.0 Å². The number of hydrogen-bond acceptors (Lipinski definition) is 12. The number of aromatic hydroxyl groups is 1. The number of amides is 2. The highest BCUT2D eigenvalue weighted by molar-refractivity contribution is 6.25. The van der Waals surface area contributed by atoms with Crippen LogP contribution >= 0.6 is 0 Å². The molecule has 4 aliphatic rings. The van der Waals surface area contributed by atoms with E-state index in [4.69, 9.17) is 10.8 Å². The number of rotatable bonds is 9. The first-order chi connectivity index (χ1) is 21.0. The number of carbonyl (C=O) groups is 5. The molecule has 0 bridgehead atoms. The van der Waals surface area contributed by atoms with Crippen LogP contribution in [0.2, 0.25) is 0 Å². The predicted molar refractivity (Wildman–Crippen MR) is 155 cm³/mol. The Morgan fingerprint density at radius 3 is 2.33 bits per heavy atom. The van der Waals surface area contributed by atoms with Gasteiger partial charge in [0, 0.05) is 24.0 Å². The van der Waals surface area contributed by atoms with E-state index in [9.17, 15) is 49.5 Å². The van der Waals surface area contributed by atoms with Crippen molar-refractivity contribution in [2.24, 2.45) is 17.6 Å². The average Bonchev–Trinajstić information content (AvgIpc) is 3.78. The lowest BCUT2D eigenvalue weighted by atomic mass is 9.55. The van der Waals surface area contributed by atoms with Crippen molar-refractivity contribution in [2.45, 2.75) is 68.4 Å². The number of anilines is 1. The van der Waals surface area contributed by atoms with E-state index in [1.54, 1.807) is 6.92 Å². The Morgan fingerprint density at radius 2 is 1.78 bits per heavy atom. The summed E-state index contributed by atoms with van der Waals surface area (Å²) < 4.78 is 0. The van der Waals surface area contributed by atoms with E-state index in [0.717, 1.165) is 12.8 Å². The Balaban J connectivity index is 1.58. The maximum atomic E-state index is 14.0. The Hall–Kier alpha value is -4.31. The fourth-order valence-corrected chi connectivity index (χ4v) is 7.04. The summed E-state index contributed by atoms with van der Waals surface area (Å²) in [5.41, 5.74) is 0.420. The van der Waals surface area contributed by atoms with Crippen LogP contribution in [0.3, 0.4) is 0 Å². The highest BCUT2D eigenvalue weighted by Crippen LogP contribution is 2.56. The number of carboxylic acids is 1. The van der Waals surface area contributed by atoms with Crippen LogP contribution in [-0.4, -0.2) is 109 Å². The zero-order valence-electron chi connectivity index (χ0n) is 24.8. The van der Waals surface area contributed by atoms with Crippen molar-refractivity contribution in [3.8, 4) is 5.75 Å². The van der Waals surface area contributed by atoms with Crippen LogP contribution in [0.1, 0.15) is 54.4 Å². The summed E-state index contributed by atoms with van der Waals surface area (Å²) in [7, 11) is 2.90. The van der Waals surface area contributed by atoms with Crippen molar-refractivity contribution < 1.29 is 54.6 Å². The molecule has 4 aliphatic carbocycles. The van der Waals surface area contributed by atoms with E-state index in [1.807, 2.05) is 0 Å². The summed E-state index contributed by atoms with van der Waals surface area (Å²) in [6.07, 6.45) is -0.409. The first-order valence-electron chi connectivity index (χ1n) is 14.5. The molecule has 15 heteroatoms. The van der Waals surface area contributed by atoms with Crippen molar-refractivity contribution in [2.75, 3.05) is 19.4 Å². The molecule has 7 atom stereocenters. The Bertz CT molecular complexity index is 1580. The Kier molecular flexibility index (Phi) is 8.02. The van der Waals surface area contributed by atoms with Crippen molar-refractivity contribution in [1.29, 1.82) is 0 Å². The van der Waals surface area contributed by atoms with Gasteiger partial charge in [-0.1, -0.05) is 13.0 Å². The summed E-state index contributed by atoms with van der Waals surface area (Å²) in [6.45, 7) is 1.59. The second-order valence-corrected chi connectivity index (χ2v) is 12.4. The number of phenols is 1. The van der Waals surface area contributed by atoms with Gasteiger partial charge in [-0.05, 0) is 50.9 Å². The third kappa shape index (κ3) is 4.95. The summed E-state index contributed by atoms with van der Waals surface area (Å²) in [4.78, 5) is 65.3. The maximum Gasteiger partial charge on any atom is 0.303 e. The number of hydrogen-bond donors (Lipinski definition) is 9. The summed E-state index contributed by atoms with van der Waals surface area (Å²) in [5, 5.41) is 71.8. The molecule has 5 unspecified atom stereocenters. The third-order valence-corrected chi connectivity index (χ3v) is 9.37. The number of benzene rings is 1. The number of nitrogens with zero attached hydrogens (tertiary/aromatic N) is 1. The molecule has 0 radical (unpaired) electrons. The van der Waals surface area contributed by atoms with E-state index in [1.165, 1.54) is 31.1 Å². The van der Waals surface area contributed by atoms with Crippen LogP contribution < -0.4 is 16.4 Å². The van der Waals surface area contributed by atoms with Crippen molar-refractivity contribution in [1.82, 2.24) is 10.2 Å². The van der Waals surface area contributed by atoms with Crippen LogP contribution in [0.25, 0.3) is 0 Å². The van der Waals surface area contributed by atoms with E-state index in [2.05, 4.69) is 10.6 Å². The van der Waals surface area contributed by atoms with Crippen molar-refractivity contribution >= 4 is 35.0 Å². The molecule has 10 N–H and O–H groups in total. The minimum atomic E-state index is -3.04. The van der Waals surface area contributed by atoms with Gasteiger partial charge in [0.15, 0.2) is 17.1 Å². The molecule has 0 spiro atoms. The first kappa shape index (κ1) is 32.1. The van der Waals surface area contributed by atoms with Gasteiger partial charge in [-0.25, -0.2) is 0 Å². The third-order valence-electron chi connectivity index (χ3n) is 9.37. The molecule has 45 heavy (non-hydrogen) atoms. The number of carboxylic acid groups (broad SMARTS) is 1. The fourth-order valence-electron chi connectivity index (χ4n) is 7.04. The largest absolute Gasteiger partial charge is 0.510 e. The average molecular weight is 629 g/mol. The number of aliphatic hydroxyl groups excluding tert-OH is 3. The standard InChI is InChI=1S/C30H36N4O11/c1-10-12-6-7-13(33-29(44)14(8-9-15(35)36)32-11-4-5-11)22(37)17(12)23(38)18-16(10)24(39)20-21(34(2)3)25(40)19(28(31)43)27(42)30(20,45)26(18)41/h6-7,10-11,14,16,20-21,24,32,37,39-41,45H,4-5,8-9H2,1-3H3,(H2,31,43)(H,33,44)(H,35,36)/t10?,14?,16?,20?,21-,24?,30-/m0/s1. The first-order valence-corrected chi connectivity index (χ1v) is 14.5. The van der Waals surface area contributed by atoms with E-state index in [0.29, 0.717) is 0 Å². The number of aliphatic carboxylic acids is 1. The number of nitrogens with one attached hydrogen (secondary N) is 2. The van der Waals surface area contributed by atoms with Crippen molar-refractivity contribution in [3.63, 3.8) is 0 Å². The van der Waals surface area contributed by atoms with Gasteiger partial charge in [0.2, 0.25) is 11.7 Å². The maximum absolute atomic E-state index is 14.0. The number of Topliss-reactive ketones (excluding diaryl/α,β-unsaturated/α-hetero) is 2. The summed E-state index contributed by atoms with van der Waals surface area (Å²) >= 11 is 0. The van der Waals surface area contributed by atoms with Crippen LogP contribution in [0.4, 0.5) is 5.69 Å². The molecule has 15 nitrogen and oxygen atoms in total. The van der Waals surface area contributed by atoms with Gasteiger partial charge in [0.25, 0.3) is 5.91 Å². The monoisotopic (exact) mass is 628 g/mol. The molecule has 242 valence electrons. The lowest BCUT2D eigenvalue weighted by molar-refractivity contribution is -0.162. The number of fused-ring (bicyclic) bond motifs is 3. The quantitative estimate of drug-likeness (QED) is 0.124. The molecule has 1 aromatic rings. The molecule has 0 heterocycles. The van der Waals surface area contributed by atoms with Gasteiger partial charge in [-0.15, -0.1) is 0 Å². The topological polar surface area (TPSA) is 260 Å². The zero-order chi connectivity index (χ0) is 33.3. The van der Waals surface area contributed by atoms with Gasteiger partial charge in [0.05, 0.1) is 35.4 Å². The molecule has 0 aliphatic heterocycles. The second kappa shape index (κ2) is 11.2. The molecular formula is C30H36N4O11. The number of primary amides is 1. The summed E-state index contributed by atoms with van der Waals surface area (Å²) in [5.74, 6) is -12.0. The lowest BCUT2D eigenvalue weighted by Crippen LogP contribution is -2.68. The highest BCUT2D eigenvalue weighted by Gasteiger charge is 2.67. The summed E-state index contributed by atoms with van der Waals surface area (Å²) in [6, 6.07) is 0.576. The van der Waals surface area contributed by atoms with E-state index >= 15 is 0 Å². The smallest absolute Gasteiger partial charge is 0.303 e. The number of ketones is 2. The number of nitrogens with two attached hydrogens (primary N) is 1. The highest BCUT2D eigenvalue weighted by atomic mass is 16.4. The van der Waals surface area contributed by atoms with Gasteiger partial charge in [0.1, 0.15) is 17.1 Å². The molecule has 2 amide bonds. The van der Waals surface area contributed by atoms with Crippen LogP contribution in [0.15, 0.2) is 34.8 Å². The normalized spacial score (nSPS) is 30.0.